The lowest BCUT2D eigenvalue weighted by Crippen LogP contribution is -2.32. The van der Waals surface area contributed by atoms with E-state index in [4.69, 9.17) is 10.1 Å². The zero-order chi connectivity index (χ0) is 19.5. The molecule has 28 heavy (non-hydrogen) atoms. The zero-order valence-electron chi connectivity index (χ0n) is 16.0. The molecule has 0 bridgehead atoms. The number of hydrogen-bond acceptors (Lipinski definition) is 4. The number of imidazole rings is 1. The molecule has 1 fully saturated rings. The lowest BCUT2D eigenvalue weighted by molar-refractivity contribution is 0.0697. The van der Waals surface area contributed by atoms with Gasteiger partial charge in [0.1, 0.15) is 0 Å². The zero-order valence-corrected chi connectivity index (χ0v) is 16.0. The Morgan fingerprint density at radius 1 is 1.14 bits per heavy atom. The molecule has 1 aromatic carbocycles. The van der Waals surface area contributed by atoms with Gasteiger partial charge in [0.05, 0.1) is 29.5 Å². The maximum absolute atomic E-state index is 11.0. The van der Waals surface area contributed by atoms with Crippen molar-refractivity contribution in [2.24, 2.45) is 7.05 Å². The van der Waals surface area contributed by atoms with Crippen molar-refractivity contribution >= 4 is 5.97 Å². The molecule has 6 nitrogen and oxygen atoms in total. The van der Waals surface area contributed by atoms with Crippen LogP contribution in [0, 0.1) is 0 Å². The molecule has 3 aromatic rings. The molecule has 1 aliphatic rings. The Balaban J connectivity index is 1.38. The van der Waals surface area contributed by atoms with Gasteiger partial charge in [-0.15, -0.1) is 0 Å². The molecule has 0 unspecified atom stereocenters. The van der Waals surface area contributed by atoms with Crippen LogP contribution in [0.25, 0.3) is 11.4 Å². The van der Waals surface area contributed by atoms with Crippen LogP contribution in [0.5, 0.6) is 0 Å². The van der Waals surface area contributed by atoms with Gasteiger partial charge in [0.25, 0.3) is 0 Å². The van der Waals surface area contributed by atoms with Crippen molar-refractivity contribution < 1.29 is 9.90 Å². The van der Waals surface area contributed by atoms with Crippen LogP contribution in [0.2, 0.25) is 0 Å². The lowest BCUT2D eigenvalue weighted by atomic mass is 9.92. The van der Waals surface area contributed by atoms with Crippen LogP contribution in [0.4, 0.5) is 0 Å². The van der Waals surface area contributed by atoms with Crippen molar-refractivity contribution in [3.05, 3.63) is 71.8 Å². The number of aromatic nitrogens is 3. The molecule has 6 heteroatoms. The molecule has 1 N–H and O–H groups in total. The van der Waals surface area contributed by atoms with Crippen molar-refractivity contribution in [2.75, 3.05) is 13.1 Å². The fourth-order valence-corrected chi connectivity index (χ4v) is 3.82. The second kappa shape index (κ2) is 7.94. The predicted octanol–water partition coefficient (Wildman–Crippen LogP) is 3.56. The van der Waals surface area contributed by atoms with E-state index in [9.17, 15) is 4.79 Å². The molecule has 1 saturated heterocycles. The SMILES string of the molecule is Cn1cncc1-c1cccc(C2CCN(Cc3ccc(C(=O)O)cc3)CC2)n1. The standard InChI is InChI=1S/C22H24N4O2/c1-25-15-23-13-21(25)20-4-2-3-19(24-20)17-9-11-26(12-10-17)14-16-5-7-18(8-6-16)22(27)28/h2-8,13,15,17H,9-12,14H2,1H3,(H,27,28). The second-order valence-electron chi connectivity index (χ2n) is 7.39. The maximum Gasteiger partial charge on any atom is 0.335 e. The van der Waals surface area contributed by atoms with E-state index in [2.05, 4.69) is 22.0 Å². The summed E-state index contributed by atoms with van der Waals surface area (Å²) in [5.41, 5.74) is 4.65. The Labute approximate surface area is 164 Å². The van der Waals surface area contributed by atoms with E-state index in [1.54, 1.807) is 18.5 Å². The van der Waals surface area contributed by atoms with Gasteiger partial charge in [-0.25, -0.2) is 9.78 Å². The summed E-state index contributed by atoms with van der Waals surface area (Å²) in [5.74, 6) is -0.410. The van der Waals surface area contributed by atoms with E-state index >= 15 is 0 Å². The number of aromatic carboxylic acids is 1. The van der Waals surface area contributed by atoms with E-state index in [1.807, 2.05) is 36.0 Å². The quantitative estimate of drug-likeness (QED) is 0.737. The molecule has 1 aliphatic heterocycles. The van der Waals surface area contributed by atoms with Crippen LogP contribution >= 0.6 is 0 Å². The van der Waals surface area contributed by atoms with Crippen molar-refractivity contribution in [1.29, 1.82) is 0 Å². The number of pyridine rings is 1. The van der Waals surface area contributed by atoms with E-state index in [1.165, 1.54) is 0 Å². The van der Waals surface area contributed by atoms with Crippen LogP contribution < -0.4 is 0 Å². The van der Waals surface area contributed by atoms with Crippen molar-refractivity contribution in [1.82, 2.24) is 19.4 Å². The van der Waals surface area contributed by atoms with Crippen LogP contribution in [-0.4, -0.2) is 43.6 Å². The highest BCUT2D eigenvalue weighted by atomic mass is 16.4. The highest BCUT2D eigenvalue weighted by Crippen LogP contribution is 2.29. The summed E-state index contributed by atoms with van der Waals surface area (Å²) in [6.07, 6.45) is 5.81. The third-order valence-corrected chi connectivity index (χ3v) is 5.46. The number of carbonyl (C=O) groups is 1. The summed E-state index contributed by atoms with van der Waals surface area (Å²) >= 11 is 0. The topological polar surface area (TPSA) is 71.2 Å². The smallest absolute Gasteiger partial charge is 0.335 e. The minimum Gasteiger partial charge on any atom is -0.478 e. The van der Waals surface area contributed by atoms with Crippen molar-refractivity contribution in [2.45, 2.75) is 25.3 Å². The minimum absolute atomic E-state index is 0.335. The Kier molecular flexibility index (Phi) is 5.21. The van der Waals surface area contributed by atoms with Gasteiger partial charge >= 0.3 is 5.97 Å². The van der Waals surface area contributed by atoms with Gasteiger partial charge in [0.15, 0.2) is 0 Å². The number of aryl methyl sites for hydroxylation is 1. The van der Waals surface area contributed by atoms with E-state index in [0.29, 0.717) is 11.5 Å². The number of carboxylic acid groups (broad SMARTS) is 1. The summed E-state index contributed by atoms with van der Waals surface area (Å²) in [4.78, 5) is 22.5. The van der Waals surface area contributed by atoms with Gasteiger partial charge in [0, 0.05) is 25.2 Å². The van der Waals surface area contributed by atoms with Gasteiger partial charge in [-0.3, -0.25) is 9.88 Å². The molecule has 0 spiro atoms. The Hall–Kier alpha value is -2.99. The number of nitrogens with zero attached hydrogens (tertiary/aromatic N) is 4. The first-order chi connectivity index (χ1) is 13.6. The Morgan fingerprint density at radius 3 is 2.54 bits per heavy atom. The second-order valence-corrected chi connectivity index (χ2v) is 7.39. The highest BCUT2D eigenvalue weighted by Gasteiger charge is 2.22. The van der Waals surface area contributed by atoms with Crippen LogP contribution in [0.3, 0.4) is 0 Å². The average Bonchev–Trinajstić information content (AvgIpc) is 3.15. The van der Waals surface area contributed by atoms with E-state index in [-0.39, 0.29) is 0 Å². The predicted molar refractivity (Wildman–Crippen MR) is 107 cm³/mol. The maximum atomic E-state index is 11.0. The fourth-order valence-electron chi connectivity index (χ4n) is 3.82. The fraction of sp³-hybridized carbons (Fsp3) is 0.318. The molecule has 0 aliphatic carbocycles. The number of benzene rings is 1. The molecule has 2 aromatic heterocycles. The summed E-state index contributed by atoms with van der Waals surface area (Å²) in [6, 6.07) is 13.4. The van der Waals surface area contributed by atoms with Crippen molar-refractivity contribution in [3.8, 4) is 11.4 Å². The van der Waals surface area contributed by atoms with Crippen LogP contribution in [-0.2, 0) is 13.6 Å². The van der Waals surface area contributed by atoms with Gasteiger partial charge < -0.3 is 9.67 Å². The molecular formula is C22H24N4O2. The monoisotopic (exact) mass is 376 g/mol. The Bertz CT molecular complexity index is 957. The van der Waals surface area contributed by atoms with E-state index < -0.39 is 5.97 Å². The first-order valence-corrected chi connectivity index (χ1v) is 9.58. The number of carboxylic acids is 1. The third-order valence-electron chi connectivity index (χ3n) is 5.46. The number of rotatable bonds is 5. The first kappa shape index (κ1) is 18.4. The number of likely N-dealkylation sites (tertiary alicyclic amines) is 1. The third kappa shape index (κ3) is 3.97. The van der Waals surface area contributed by atoms with E-state index in [0.717, 1.165) is 55.1 Å². The molecule has 3 heterocycles. The Morgan fingerprint density at radius 2 is 1.89 bits per heavy atom. The first-order valence-electron chi connectivity index (χ1n) is 9.58. The molecule has 144 valence electrons. The number of piperidine rings is 1. The van der Waals surface area contributed by atoms with Crippen LogP contribution in [0.1, 0.15) is 40.4 Å². The van der Waals surface area contributed by atoms with Crippen molar-refractivity contribution in [3.63, 3.8) is 0 Å². The molecule has 0 atom stereocenters. The minimum atomic E-state index is -0.881. The lowest BCUT2D eigenvalue weighted by Gasteiger charge is -2.31. The highest BCUT2D eigenvalue weighted by molar-refractivity contribution is 5.87. The van der Waals surface area contributed by atoms with Gasteiger partial charge in [-0.2, -0.15) is 0 Å². The summed E-state index contributed by atoms with van der Waals surface area (Å²) in [5, 5.41) is 9.01. The van der Waals surface area contributed by atoms with Gasteiger partial charge in [-0.05, 0) is 55.8 Å². The molecule has 0 saturated carbocycles. The summed E-state index contributed by atoms with van der Waals surface area (Å²) in [7, 11) is 1.98. The molecular weight excluding hydrogens is 352 g/mol. The average molecular weight is 376 g/mol. The van der Waals surface area contributed by atoms with Gasteiger partial charge in [-0.1, -0.05) is 18.2 Å². The largest absolute Gasteiger partial charge is 0.478 e. The normalized spacial score (nSPS) is 15.6. The van der Waals surface area contributed by atoms with Gasteiger partial charge in [0.2, 0.25) is 0 Å². The summed E-state index contributed by atoms with van der Waals surface area (Å²) in [6.45, 7) is 2.89. The van der Waals surface area contributed by atoms with Crippen LogP contribution in [0.15, 0.2) is 55.0 Å². The molecule has 0 amide bonds. The summed E-state index contributed by atoms with van der Waals surface area (Å²) < 4.78 is 1.99. The molecule has 0 radical (unpaired) electrons. The molecule has 4 rings (SSSR count). The number of hydrogen-bond donors (Lipinski definition) is 1.